The summed E-state index contributed by atoms with van der Waals surface area (Å²) < 4.78 is 0. The standard InChI is InChI=1S/C9H14N3O2/c1-9(11-14-12(2)13)6-3-4-8(10)5-7-9/h3-7,11H,10H2,1-2H3/q-1. The van der Waals surface area contributed by atoms with Gasteiger partial charge in [0.2, 0.25) is 0 Å². The van der Waals surface area contributed by atoms with Crippen LogP contribution in [0.4, 0.5) is 0 Å². The molecule has 0 aliphatic heterocycles. The van der Waals surface area contributed by atoms with Crippen molar-refractivity contribution in [1.29, 1.82) is 0 Å². The molecule has 0 aromatic carbocycles. The third kappa shape index (κ3) is 3.31. The summed E-state index contributed by atoms with van der Waals surface area (Å²) in [5, 5.41) is 10.9. The highest BCUT2D eigenvalue weighted by molar-refractivity contribution is 5.31. The van der Waals surface area contributed by atoms with Crippen molar-refractivity contribution in [2.75, 3.05) is 7.05 Å². The van der Waals surface area contributed by atoms with Gasteiger partial charge in [-0.1, -0.05) is 18.2 Å². The molecule has 0 radical (unpaired) electrons. The van der Waals surface area contributed by atoms with Crippen LogP contribution < -0.4 is 11.2 Å². The fourth-order valence-corrected chi connectivity index (χ4v) is 0.970. The van der Waals surface area contributed by atoms with Crippen molar-refractivity contribution < 1.29 is 4.94 Å². The molecule has 0 aromatic rings. The zero-order chi connectivity index (χ0) is 10.6. The molecule has 5 nitrogen and oxygen atoms in total. The number of nitrogens with two attached hydrogens (primary N) is 1. The second-order valence-electron chi connectivity index (χ2n) is 3.27. The molecule has 0 amide bonds. The van der Waals surface area contributed by atoms with Crippen LogP contribution in [0.5, 0.6) is 0 Å². The van der Waals surface area contributed by atoms with Gasteiger partial charge < -0.3 is 10.9 Å². The monoisotopic (exact) mass is 196 g/mol. The summed E-state index contributed by atoms with van der Waals surface area (Å²) in [5.41, 5.74) is 8.33. The quantitative estimate of drug-likeness (QED) is 0.646. The molecule has 1 atom stereocenters. The zero-order valence-electron chi connectivity index (χ0n) is 8.23. The smallest absolute Gasteiger partial charge is 0.0789 e. The molecule has 78 valence electrons. The van der Waals surface area contributed by atoms with Gasteiger partial charge in [0, 0.05) is 12.7 Å². The second kappa shape index (κ2) is 4.39. The Morgan fingerprint density at radius 2 is 2.29 bits per heavy atom. The summed E-state index contributed by atoms with van der Waals surface area (Å²) in [6.45, 7) is 1.86. The lowest BCUT2D eigenvalue weighted by Crippen LogP contribution is -2.41. The van der Waals surface area contributed by atoms with E-state index in [-0.39, 0.29) is 0 Å². The van der Waals surface area contributed by atoms with Gasteiger partial charge in [0.1, 0.15) is 0 Å². The van der Waals surface area contributed by atoms with Gasteiger partial charge in [-0.3, -0.25) is 0 Å². The van der Waals surface area contributed by atoms with Gasteiger partial charge in [-0.25, -0.2) is 10.2 Å². The number of hydroxylamine groups is 3. The van der Waals surface area contributed by atoms with Gasteiger partial charge in [-0.2, -0.15) is 5.48 Å². The summed E-state index contributed by atoms with van der Waals surface area (Å²) in [6, 6.07) is 0. The average molecular weight is 196 g/mol. The molecule has 1 aliphatic rings. The molecule has 0 aromatic heterocycles. The second-order valence-corrected chi connectivity index (χ2v) is 3.27. The van der Waals surface area contributed by atoms with Crippen LogP contribution >= 0.6 is 0 Å². The minimum Gasteiger partial charge on any atom is -0.761 e. The van der Waals surface area contributed by atoms with Crippen LogP contribution in [0, 0.1) is 5.21 Å². The van der Waals surface area contributed by atoms with Crippen LogP contribution in [0.2, 0.25) is 0 Å². The third-order valence-electron chi connectivity index (χ3n) is 1.75. The van der Waals surface area contributed by atoms with Crippen molar-refractivity contribution in [1.82, 2.24) is 10.7 Å². The van der Waals surface area contributed by atoms with Crippen LogP contribution in [0.1, 0.15) is 6.92 Å². The van der Waals surface area contributed by atoms with Crippen molar-refractivity contribution >= 4 is 0 Å². The van der Waals surface area contributed by atoms with Crippen molar-refractivity contribution in [2.45, 2.75) is 12.5 Å². The first-order valence-corrected chi connectivity index (χ1v) is 4.21. The van der Waals surface area contributed by atoms with Crippen molar-refractivity contribution in [2.24, 2.45) is 5.73 Å². The van der Waals surface area contributed by atoms with Gasteiger partial charge in [-0.05, 0) is 19.1 Å². The molecule has 0 fully saturated rings. The van der Waals surface area contributed by atoms with Crippen molar-refractivity contribution in [3.05, 3.63) is 41.3 Å². The van der Waals surface area contributed by atoms with E-state index < -0.39 is 5.54 Å². The SMILES string of the molecule is CN([O-])ONC1(C)C=CC=C(N)C=C1. The summed E-state index contributed by atoms with van der Waals surface area (Å²) >= 11 is 0. The van der Waals surface area contributed by atoms with E-state index in [1.54, 1.807) is 18.2 Å². The molecule has 0 saturated heterocycles. The molecule has 5 heteroatoms. The molecule has 1 unspecified atom stereocenters. The molecular weight excluding hydrogens is 182 g/mol. The Balaban J connectivity index is 2.63. The lowest BCUT2D eigenvalue weighted by Gasteiger charge is -2.28. The Morgan fingerprint density at radius 1 is 1.57 bits per heavy atom. The van der Waals surface area contributed by atoms with Crippen LogP contribution in [0.3, 0.4) is 0 Å². The zero-order valence-corrected chi connectivity index (χ0v) is 8.23. The third-order valence-corrected chi connectivity index (χ3v) is 1.75. The molecule has 14 heavy (non-hydrogen) atoms. The van der Waals surface area contributed by atoms with E-state index in [2.05, 4.69) is 10.4 Å². The van der Waals surface area contributed by atoms with Crippen molar-refractivity contribution in [3.8, 4) is 0 Å². The Bertz CT molecular complexity index is 284. The Labute approximate surface area is 83.0 Å². The number of allylic oxidation sites excluding steroid dienone is 3. The first-order valence-electron chi connectivity index (χ1n) is 4.21. The number of hydrogen-bond acceptors (Lipinski definition) is 5. The summed E-state index contributed by atoms with van der Waals surface area (Å²) in [6.07, 6.45) is 8.97. The van der Waals surface area contributed by atoms with E-state index in [4.69, 9.17) is 5.73 Å². The van der Waals surface area contributed by atoms with Gasteiger partial charge in [0.25, 0.3) is 0 Å². The van der Waals surface area contributed by atoms with Gasteiger partial charge >= 0.3 is 0 Å². The first kappa shape index (κ1) is 10.9. The predicted octanol–water partition coefficient (Wildman–Crippen LogP) is 0.580. The predicted molar refractivity (Wildman–Crippen MR) is 54.3 cm³/mol. The summed E-state index contributed by atoms with van der Waals surface area (Å²) in [4.78, 5) is 4.64. The van der Waals surface area contributed by atoms with E-state index in [1.165, 1.54) is 7.05 Å². The molecule has 0 spiro atoms. The summed E-state index contributed by atoms with van der Waals surface area (Å²) in [7, 11) is 1.26. The Hall–Kier alpha value is -1.14. The number of nitrogens with zero attached hydrogens (tertiary/aromatic N) is 1. The Morgan fingerprint density at radius 3 is 2.93 bits per heavy atom. The van der Waals surface area contributed by atoms with Gasteiger partial charge in [0.15, 0.2) is 0 Å². The first-order chi connectivity index (χ1) is 6.52. The molecule has 0 saturated carbocycles. The normalized spacial score (nSPS) is 26.4. The molecule has 0 heterocycles. The maximum atomic E-state index is 10.5. The van der Waals surface area contributed by atoms with Crippen molar-refractivity contribution in [3.63, 3.8) is 0 Å². The van der Waals surface area contributed by atoms with Crippen LogP contribution in [0.15, 0.2) is 36.1 Å². The Kier molecular flexibility index (Phi) is 3.43. The van der Waals surface area contributed by atoms with Crippen LogP contribution in [-0.2, 0) is 4.94 Å². The van der Waals surface area contributed by atoms with E-state index >= 15 is 0 Å². The molecule has 1 rings (SSSR count). The largest absolute Gasteiger partial charge is 0.761 e. The highest BCUT2D eigenvalue weighted by Gasteiger charge is 2.17. The van der Waals surface area contributed by atoms with E-state index in [0.717, 1.165) is 0 Å². The van der Waals surface area contributed by atoms with Crippen LogP contribution in [0.25, 0.3) is 0 Å². The maximum Gasteiger partial charge on any atom is 0.0789 e. The summed E-state index contributed by atoms with van der Waals surface area (Å²) in [5.74, 6) is 0. The van der Waals surface area contributed by atoms with Crippen LogP contribution in [-0.4, -0.2) is 17.8 Å². The molecule has 0 bridgehead atoms. The fraction of sp³-hybridized carbons (Fsp3) is 0.333. The van der Waals surface area contributed by atoms with E-state index in [0.29, 0.717) is 10.9 Å². The lowest BCUT2D eigenvalue weighted by molar-refractivity contribution is -0.176. The minimum atomic E-state index is -0.531. The fourth-order valence-electron chi connectivity index (χ4n) is 0.970. The number of hydrogen-bond donors (Lipinski definition) is 2. The maximum absolute atomic E-state index is 10.5. The van der Waals surface area contributed by atoms with Gasteiger partial charge in [0.05, 0.1) is 5.54 Å². The minimum absolute atomic E-state index is 0.342. The van der Waals surface area contributed by atoms with E-state index in [1.807, 2.05) is 19.1 Å². The highest BCUT2D eigenvalue weighted by atomic mass is 17.0. The number of rotatable bonds is 3. The molecule has 1 aliphatic carbocycles. The highest BCUT2D eigenvalue weighted by Crippen LogP contribution is 2.12. The van der Waals surface area contributed by atoms with Gasteiger partial charge in [-0.15, -0.1) is 0 Å². The topological polar surface area (TPSA) is 73.6 Å². The molecule has 3 N–H and O–H groups in total. The van der Waals surface area contributed by atoms with E-state index in [9.17, 15) is 5.21 Å². The lowest BCUT2D eigenvalue weighted by atomic mass is 10.0. The number of nitrogens with one attached hydrogen (secondary N) is 1. The average Bonchev–Trinajstić information content (AvgIpc) is 2.27. The molecular formula is C9H14N3O2-.